The molecule has 22 heavy (non-hydrogen) atoms. The molecule has 0 spiro atoms. The Morgan fingerprint density at radius 2 is 1.82 bits per heavy atom. The molecule has 6 heteroatoms. The summed E-state index contributed by atoms with van der Waals surface area (Å²) in [5.41, 5.74) is 1.34. The van der Waals surface area contributed by atoms with E-state index in [1.165, 1.54) is 24.4 Å². The average molecular weight is 302 g/mol. The topological polar surface area (TPSA) is 54.2 Å². The maximum atomic E-state index is 13.7. The molecular formula is C16H12F2N2O2. The van der Waals surface area contributed by atoms with Crippen LogP contribution in [0.5, 0.6) is 0 Å². The summed E-state index contributed by atoms with van der Waals surface area (Å²) in [6.07, 6.45) is 1.30. The molecule has 2 aromatic carbocycles. The summed E-state index contributed by atoms with van der Waals surface area (Å²) >= 11 is 0. The van der Waals surface area contributed by atoms with Gasteiger partial charge in [-0.1, -0.05) is 35.5 Å². The second-order valence-electron chi connectivity index (χ2n) is 4.77. The van der Waals surface area contributed by atoms with Crippen LogP contribution in [0.3, 0.4) is 0 Å². The molecule has 0 aliphatic carbocycles. The van der Waals surface area contributed by atoms with Gasteiger partial charge < -0.3 is 9.94 Å². The molecule has 4 nitrogen and oxygen atoms in total. The van der Waals surface area contributed by atoms with E-state index in [0.29, 0.717) is 0 Å². The minimum absolute atomic E-state index is 0.0263. The first kappa shape index (κ1) is 14.2. The van der Waals surface area contributed by atoms with Gasteiger partial charge in [0.25, 0.3) is 0 Å². The van der Waals surface area contributed by atoms with E-state index >= 15 is 0 Å². The van der Waals surface area contributed by atoms with E-state index in [-0.39, 0.29) is 24.1 Å². The lowest BCUT2D eigenvalue weighted by molar-refractivity contribution is 0.317. The fourth-order valence-corrected chi connectivity index (χ4v) is 2.25. The minimum Gasteiger partial charge on any atom is -0.475 e. The fraction of sp³-hybridized carbons (Fsp3) is 0.125. The normalized spacial score (nSPS) is 17.5. The summed E-state index contributed by atoms with van der Waals surface area (Å²) in [6, 6.07) is 10.4. The number of aliphatic imine (C=N–C) groups is 1. The molecule has 1 unspecified atom stereocenters. The second-order valence-corrected chi connectivity index (χ2v) is 4.77. The first-order valence-electron chi connectivity index (χ1n) is 6.61. The molecule has 2 aromatic rings. The summed E-state index contributed by atoms with van der Waals surface area (Å²) in [6.45, 7) is 0.219. The molecular weight excluding hydrogens is 290 g/mol. The Balaban J connectivity index is 1.88. The van der Waals surface area contributed by atoms with Crippen molar-refractivity contribution in [3.05, 3.63) is 70.8 Å². The maximum absolute atomic E-state index is 13.7. The SMILES string of the molecule is O/N=C\c1ccc(C2COC(c3c(F)cccc3F)=N2)cc1. The third kappa shape index (κ3) is 2.67. The molecule has 0 fully saturated rings. The highest BCUT2D eigenvalue weighted by Crippen LogP contribution is 2.27. The minimum atomic E-state index is -0.700. The molecule has 1 aliphatic rings. The molecule has 0 amide bonds. The molecule has 112 valence electrons. The first-order valence-corrected chi connectivity index (χ1v) is 6.61. The summed E-state index contributed by atoms with van der Waals surface area (Å²) in [5, 5.41) is 11.4. The number of benzene rings is 2. The van der Waals surface area contributed by atoms with Gasteiger partial charge in [0, 0.05) is 0 Å². The number of halogens is 2. The van der Waals surface area contributed by atoms with Gasteiger partial charge in [-0.25, -0.2) is 13.8 Å². The first-order chi connectivity index (χ1) is 10.7. The van der Waals surface area contributed by atoms with Crippen LogP contribution >= 0.6 is 0 Å². The van der Waals surface area contributed by atoms with Crippen LogP contribution in [0.15, 0.2) is 52.6 Å². The molecule has 3 rings (SSSR count). The van der Waals surface area contributed by atoms with E-state index in [1.807, 2.05) is 0 Å². The molecule has 0 radical (unpaired) electrons. The quantitative estimate of drug-likeness (QED) is 0.537. The van der Waals surface area contributed by atoms with Crippen LogP contribution in [0.4, 0.5) is 8.78 Å². The molecule has 1 aliphatic heterocycles. The van der Waals surface area contributed by atoms with Gasteiger partial charge in [0.15, 0.2) is 0 Å². The van der Waals surface area contributed by atoms with E-state index in [2.05, 4.69) is 10.1 Å². The zero-order chi connectivity index (χ0) is 15.5. The van der Waals surface area contributed by atoms with Gasteiger partial charge in [0.05, 0.1) is 6.21 Å². The van der Waals surface area contributed by atoms with Crippen molar-refractivity contribution < 1.29 is 18.7 Å². The molecule has 0 bridgehead atoms. The highest BCUT2D eigenvalue weighted by Gasteiger charge is 2.25. The van der Waals surface area contributed by atoms with E-state index < -0.39 is 11.6 Å². The number of rotatable bonds is 3. The Morgan fingerprint density at radius 3 is 2.45 bits per heavy atom. The molecule has 0 saturated carbocycles. The molecule has 1 heterocycles. The standard InChI is InChI=1S/C16H12F2N2O2/c17-12-2-1-3-13(18)15(12)16-20-14(9-22-16)11-6-4-10(5-7-11)8-19-21/h1-8,14,21H,9H2/b19-8-. The Kier molecular flexibility index (Phi) is 3.82. The molecule has 1 N–H and O–H groups in total. The van der Waals surface area contributed by atoms with Gasteiger partial charge in [-0.05, 0) is 23.3 Å². The second kappa shape index (κ2) is 5.93. The summed E-state index contributed by atoms with van der Waals surface area (Å²) < 4.78 is 32.8. The highest BCUT2D eigenvalue weighted by atomic mass is 19.1. The lowest BCUT2D eigenvalue weighted by Crippen LogP contribution is -2.07. The fourth-order valence-electron chi connectivity index (χ4n) is 2.25. The lowest BCUT2D eigenvalue weighted by atomic mass is 10.1. The average Bonchev–Trinajstić information content (AvgIpc) is 2.98. The third-order valence-electron chi connectivity index (χ3n) is 3.36. The van der Waals surface area contributed by atoms with Crippen LogP contribution in [-0.2, 0) is 4.74 Å². The highest BCUT2D eigenvalue weighted by molar-refractivity contribution is 5.95. The Hall–Kier alpha value is -2.76. The summed E-state index contributed by atoms with van der Waals surface area (Å²) in [5.74, 6) is -1.43. The number of oxime groups is 1. The number of hydrogen-bond donors (Lipinski definition) is 1. The predicted molar refractivity (Wildman–Crippen MR) is 77.4 cm³/mol. The smallest absolute Gasteiger partial charge is 0.222 e. The number of nitrogens with zero attached hydrogens (tertiary/aromatic N) is 2. The van der Waals surface area contributed by atoms with Crippen LogP contribution in [-0.4, -0.2) is 23.9 Å². The van der Waals surface area contributed by atoms with Crippen LogP contribution in [0, 0.1) is 11.6 Å². The van der Waals surface area contributed by atoms with Crippen molar-refractivity contribution in [1.29, 1.82) is 0 Å². The van der Waals surface area contributed by atoms with Crippen molar-refractivity contribution in [2.75, 3.05) is 6.61 Å². The molecule has 0 saturated heterocycles. The van der Waals surface area contributed by atoms with Crippen LogP contribution in [0.25, 0.3) is 0 Å². The van der Waals surface area contributed by atoms with Crippen molar-refractivity contribution in [2.24, 2.45) is 10.1 Å². The van der Waals surface area contributed by atoms with Gasteiger partial charge in [-0.3, -0.25) is 0 Å². The van der Waals surface area contributed by atoms with Crippen molar-refractivity contribution in [1.82, 2.24) is 0 Å². The van der Waals surface area contributed by atoms with E-state index in [9.17, 15) is 8.78 Å². The van der Waals surface area contributed by atoms with E-state index in [1.54, 1.807) is 24.3 Å². The zero-order valence-corrected chi connectivity index (χ0v) is 11.4. The van der Waals surface area contributed by atoms with Crippen molar-refractivity contribution in [3.8, 4) is 0 Å². The Labute approximate surface area is 125 Å². The molecule has 0 aromatic heterocycles. The van der Waals surface area contributed by atoms with E-state index in [4.69, 9.17) is 9.94 Å². The number of ether oxygens (including phenoxy) is 1. The van der Waals surface area contributed by atoms with Crippen LogP contribution < -0.4 is 0 Å². The largest absolute Gasteiger partial charge is 0.475 e. The van der Waals surface area contributed by atoms with Gasteiger partial charge in [0.2, 0.25) is 5.90 Å². The monoisotopic (exact) mass is 302 g/mol. The van der Waals surface area contributed by atoms with Crippen LogP contribution in [0.2, 0.25) is 0 Å². The van der Waals surface area contributed by atoms with Gasteiger partial charge >= 0.3 is 0 Å². The Bertz CT molecular complexity index is 722. The van der Waals surface area contributed by atoms with E-state index in [0.717, 1.165) is 11.1 Å². The number of hydrogen-bond acceptors (Lipinski definition) is 4. The molecule has 1 atom stereocenters. The third-order valence-corrected chi connectivity index (χ3v) is 3.36. The maximum Gasteiger partial charge on any atom is 0.222 e. The van der Waals surface area contributed by atoms with Gasteiger partial charge in [-0.2, -0.15) is 0 Å². The lowest BCUT2D eigenvalue weighted by Gasteiger charge is -2.05. The van der Waals surface area contributed by atoms with Crippen molar-refractivity contribution in [3.63, 3.8) is 0 Å². The predicted octanol–water partition coefficient (Wildman–Crippen LogP) is 3.29. The van der Waals surface area contributed by atoms with Crippen LogP contribution in [0.1, 0.15) is 22.7 Å². The Morgan fingerprint density at radius 1 is 1.14 bits per heavy atom. The van der Waals surface area contributed by atoms with Gasteiger partial charge in [-0.15, -0.1) is 0 Å². The summed E-state index contributed by atoms with van der Waals surface area (Å²) in [7, 11) is 0. The zero-order valence-electron chi connectivity index (χ0n) is 11.4. The van der Waals surface area contributed by atoms with Crippen molar-refractivity contribution >= 4 is 12.1 Å². The van der Waals surface area contributed by atoms with Gasteiger partial charge in [0.1, 0.15) is 29.8 Å². The summed E-state index contributed by atoms with van der Waals surface area (Å²) in [4.78, 5) is 4.26. The van der Waals surface area contributed by atoms with Crippen molar-refractivity contribution in [2.45, 2.75) is 6.04 Å².